The molecule has 0 bridgehead atoms. The minimum Gasteiger partial charge on any atom is -0.390 e. The molecule has 1 aliphatic carbocycles. The minimum atomic E-state index is -0.810. The molecule has 1 aromatic carbocycles. The summed E-state index contributed by atoms with van der Waals surface area (Å²) >= 11 is 0. The predicted molar refractivity (Wildman–Crippen MR) is 116 cm³/mol. The van der Waals surface area contributed by atoms with Crippen LogP contribution in [0.15, 0.2) is 42.6 Å². The molecular weight excluding hydrogens is 380 g/mol. The first-order chi connectivity index (χ1) is 14.3. The maximum atomic E-state index is 10.3. The first-order valence-corrected chi connectivity index (χ1v) is 10.5. The molecule has 30 heavy (non-hydrogen) atoms. The Morgan fingerprint density at radius 1 is 1.20 bits per heavy atom. The van der Waals surface area contributed by atoms with E-state index in [1.807, 2.05) is 38.1 Å². The Bertz CT molecular complexity index is 1030. The summed E-state index contributed by atoms with van der Waals surface area (Å²) in [4.78, 5) is 4.44. The first kappa shape index (κ1) is 20.8. The quantitative estimate of drug-likeness (QED) is 0.578. The van der Waals surface area contributed by atoms with Gasteiger partial charge in [0.15, 0.2) is 5.65 Å². The van der Waals surface area contributed by atoms with Crippen LogP contribution in [0.25, 0.3) is 16.9 Å². The maximum Gasteiger partial charge on any atom is 0.157 e. The zero-order valence-corrected chi connectivity index (χ0v) is 17.9. The largest absolute Gasteiger partial charge is 0.390 e. The summed E-state index contributed by atoms with van der Waals surface area (Å²) in [5.41, 5.74) is 3.21. The fourth-order valence-electron chi connectivity index (χ4n) is 4.23. The molecule has 0 amide bonds. The molecule has 1 aliphatic rings. The van der Waals surface area contributed by atoms with Gasteiger partial charge in [0.1, 0.15) is 11.9 Å². The molecule has 4 rings (SSSR count). The highest BCUT2D eigenvalue weighted by molar-refractivity contribution is 5.66. The van der Waals surface area contributed by atoms with Gasteiger partial charge in [-0.3, -0.25) is 0 Å². The molecule has 0 unspecified atom stereocenters. The normalized spacial score (nSPS) is 24.5. The number of fused-ring (bicyclic) bond motifs is 1. The lowest BCUT2D eigenvalue weighted by atomic mass is 9.95. The Kier molecular flexibility index (Phi) is 5.53. The molecule has 2 heterocycles. The number of aliphatic hydroxyl groups is 2. The lowest BCUT2D eigenvalue weighted by Crippen LogP contribution is -2.35. The van der Waals surface area contributed by atoms with Gasteiger partial charge in [0.2, 0.25) is 0 Å². The molecule has 1 fully saturated rings. The fraction of sp³-hybridized carbons (Fsp3) is 0.478. The van der Waals surface area contributed by atoms with E-state index in [9.17, 15) is 10.2 Å². The molecule has 7 heteroatoms. The molecule has 1 saturated carbocycles. The molecule has 0 radical (unpaired) electrons. The second-order valence-corrected chi connectivity index (χ2v) is 8.60. The maximum absolute atomic E-state index is 10.3. The van der Waals surface area contributed by atoms with E-state index in [2.05, 4.69) is 36.3 Å². The van der Waals surface area contributed by atoms with E-state index in [0.717, 1.165) is 22.6 Å². The SMILES string of the molecule is CCOC(C)(C)c1cccc(-c2cc3nccc(N[C@@H]4C[C@@H](C)[C@@H](O)[C@H]4O)n3n2)c1. The van der Waals surface area contributed by atoms with Crippen LogP contribution in [0.3, 0.4) is 0 Å². The number of benzene rings is 1. The number of nitrogens with zero attached hydrogens (tertiary/aromatic N) is 3. The average Bonchev–Trinajstić information content (AvgIpc) is 3.26. The molecule has 3 aromatic rings. The van der Waals surface area contributed by atoms with Crippen LogP contribution in [-0.4, -0.2) is 49.7 Å². The standard InChI is InChI=1S/C23H30N4O3/c1-5-30-23(3,4)16-8-6-7-15(12-16)17-13-20-24-10-9-19(27(20)26-17)25-18-11-14(2)21(28)22(18)29/h6-10,12-14,18,21-22,25,28-29H,5,11H2,1-4H3/t14-,18-,21-,22+/m1/s1. The van der Waals surface area contributed by atoms with Gasteiger partial charge >= 0.3 is 0 Å². The lowest BCUT2D eigenvalue weighted by molar-refractivity contribution is -0.0139. The van der Waals surface area contributed by atoms with Crippen LogP contribution < -0.4 is 5.32 Å². The predicted octanol–water partition coefficient (Wildman–Crippen LogP) is 3.21. The monoisotopic (exact) mass is 410 g/mol. The van der Waals surface area contributed by atoms with Gasteiger partial charge in [-0.15, -0.1) is 0 Å². The van der Waals surface area contributed by atoms with E-state index in [0.29, 0.717) is 18.7 Å². The van der Waals surface area contributed by atoms with Gasteiger partial charge in [0, 0.05) is 24.4 Å². The van der Waals surface area contributed by atoms with Gasteiger partial charge < -0.3 is 20.3 Å². The molecule has 0 aliphatic heterocycles. The van der Waals surface area contributed by atoms with Crippen molar-refractivity contribution in [2.45, 2.75) is 58.0 Å². The number of aromatic nitrogens is 3. The number of ether oxygens (including phenoxy) is 1. The van der Waals surface area contributed by atoms with E-state index in [4.69, 9.17) is 9.84 Å². The number of hydrogen-bond donors (Lipinski definition) is 3. The molecule has 160 valence electrons. The number of anilines is 1. The van der Waals surface area contributed by atoms with Crippen LogP contribution in [-0.2, 0) is 10.3 Å². The first-order valence-electron chi connectivity index (χ1n) is 10.5. The van der Waals surface area contributed by atoms with E-state index < -0.39 is 12.2 Å². The van der Waals surface area contributed by atoms with Crippen molar-refractivity contribution in [3.8, 4) is 11.3 Å². The molecule has 4 atom stereocenters. The Hall–Kier alpha value is -2.48. The van der Waals surface area contributed by atoms with Crippen molar-refractivity contribution in [1.29, 1.82) is 0 Å². The molecule has 0 saturated heterocycles. The van der Waals surface area contributed by atoms with E-state index in [1.54, 1.807) is 10.7 Å². The number of nitrogens with one attached hydrogen (secondary N) is 1. The van der Waals surface area contributed by atoms with Crippen molar-refractivity contribution in [2.75, 3.05) is 11.9 Å². The number of hydrogen-bond acceptors (Lipinski definition) is 6. The number of aliphatic hydroxyl groups excluding tert-OH is 2. The highest BCUT2D eigenvalue weighted by atomic mass is 16.5. The van der Waals surface area contributed by atoms with Crippen molar-refractivity contribution in [2.24, 2.45) is 5.92 Å². The van der Waals surface area contributed by atoms with Crippen molar-refractivity contribution in [3.05, 3.63) is 48.2 Å². The summed E-state index contributed by atoms with van der Waals surface area (Å²) in [6.07, 6.45) is 0.883. The van der Waals surface area contributed by atoms with Gasteiger partial charge in [0.25, 0.3) is 0 Å². The van der Waals surface area contributed by atoms with Crippen LogP contribution >= 0.6 is 0 Å². The van der Waals surface area contributed by atoms with Crippen LogP contribution in [0.1, 0.15) is 39.7 Å². The topological polar surface area (TPSA) is 91.9 Å². The Labute approximate surface area is 176 Å². The highest BCUT2D eigenvalue weighted by Gasteiger charge is 2.39. The van der Waals surface area contributed by atoms with E-state index >= 15 is 0 Å². The van der Waals surface area contributed by atoms with E-state index in [-0.39, 0.29) is 17.6 Å². The zero-order chi connectivity index (χ0) is 21.5. The van der Waals surface area contributed by atoms with Crippen LogP contribution in [0, 0.1) is 5.92 Å². The Morgan fingerprint density at radius 2 is 2.00 bits per heavy atom. The smallest absolute Gasteiger partial charge is 0.157 e. The fourth-order valence-corrected chi connectivity index (χ4v) is 4.23. The molecule has 3 N–H and O–H groups in total. The van der Waals surface area contributed by atoms with Gasteiger partial charge in [-0.05, 0) is 50.8 Å². The number of rotatable bonds is 6. The molecule has 7 nitrogen and oxygen atoms in total. The van der Waals surface area contributed by atoms with Gasteiger partial charge in [-0.25, -0.2) is 4.98 Å². The third kappa shape index (κ3) is 3.80. The minimum absolute atomic E-state index is 0.0412. The second kappa shape index (κ2) is 7.98. The van der Waals surface area contributed by atoms with Gasteiger partial charge in [-0.2, -0.15) is 9.61 Å². The molecular formula is C23H30N4O3. The summed E-state index contributed by atoms with van der Waals surface area (Å²) in [5, 5.41) is 28.5. The van der Waals surface area contributed by atoms with Crippen LogP contribution in [0.4, 0.5) is 5.82 Å². The van der Waals surface area contributed by atoms with Crippen molar-refractivity contribution >= 4 is 11.5 Å². The van der Waals surface area contributed by atoms with Crippen LogP contribution in [0.2, 0.25) is 0 Å². The van der Waals surface area contributed by atoms with Crippen molar-refractivity contribution in [1.82, 2.24) is 14.6 Å². The summed E-state index contributed by atoms with van der Waals surface area (Å²) in [6.45, 7) is 8.71. The lowest BCUT2D eigenvalue weighted by Gasteiger charge is -2.25. The van der Waals surface area contributed by atoms with Crippen molar-refractivity contribution in [3.63, 3.8) is 0 Å². The van der Waals surface area contributed by atoms with E-state index in [1.165, 1.54) is 0 Å². The third-order valence-corrected chi connectivity index (χ3v) is 6.02. The molecule has 0 spiro atoms. The zero-order valence-electron chi connectivity index (χ0n) is 17.9. The third-order valence-electron chi connectivity index (χ3n) is 6.02. The molecule has 2 aromatic heterocycles. The van der Waals surface area contributed by atoms with Crippen molar-refractivity contribution < 1.29 is 14.9 Å². The highest BCUT2D eigenvalue weighted by Crippen LogP contribution is 2.31. The van der Waals surface area contributed by atoms with Gasteiger partial charge in [-0.1, -0.05) is 25.1 Å². The summed E-state index contributed by atoms with van der Waals surface area (Å²) in [6, 6.07) is 11.8. The Balaban J connectivity index is 1.66. The average molecular weight is 411 g/mol. The Morgan fingerprint density at radius 3 is 2.70 bits per heavy atom. The second-order valence-electron chi connectivity index (χ2n) is 8.60. The summed E-state index contributed by atoms with van der Waals surface area (Å²) in [5.74, 6) is 0.779. The van der Waals surface area contributed by atoms with Crippen LogP contribution in [0.5, 0.6) is 0 Å². The summed E-state index contributed by atoms with van der Waals surface area (Å²) in [7, 11) is 0. The summed E-state index contributed by atoms with van der Waals surface area (Å²) < 4.78 is 7.64. The van der Waals surface area contributed by atoms with Gasteiger partial charge in [0.05, 0.1) is 23.4 Å².